The molecule has 0 saturated carbocycles. The zero-order valence-electron chi connectivity index (χ0n) is 11.6. The van der Waals surface area contributed by atoms with Crippen molar-refractivity contribution in [2.45, 2.75) is 38.4 Å². The number of aliphatic carboxylic acids is 2. The smallest absolute Gasteiger partial charge is 0.324 e. The maximum absolute atomic E-state index is 11.7. The molecule has 20 heavy (non-hydrogen) atoms. The molecule has 0 bridgehead atoms. The third-order valence-corrected chi connectivity index (χ3v) is 4.42. The minimum Gasteiger partial charge on any atom is -0.480 e. The molecule has 1 fully saturated rings. The molecule has 1 heterocycles. The normalized spacial score (nSPS) is 30.3. The fourth-order valence-electron chi connectivity index (χ4n) is 2.92. The van der Waals surface area contributed by atoms with E-state index in [1.165, 1.54) is 0 Å². The van der Waals surface area contributed by atoms with E-state index in [4.69, 9.17) is 0 Å². The zero-order valence-corrected chi connectivity index (χ0v) is 11.6. The van der Waals surface area contributed by atoms with Gasteiger partial charge in [0.1, 0.15) is 11.6 Å². The summed E-state index contributed by atoms with van der Waals surface area (Å²) in [5.41, 5.74) is -0.237. The van der Waals surface area contributed by atoms with Gasteiger partial charge >= 0.3 is 11.9 Å². The summed E-state index contributed by atoms with van der Waals surface area (Å²) in [5, 5.41) is 18.9. The predicted octanol–water partition coefficient (Wildman–Crippen LogP) is 1.82. The van der Waals surface area contributed by atoms with Crippen molar-refractivity contribution >= 4 is 11.9 Å². The van der Waals surface area contributed by atoms with E-state index in [0.717, 1.165) is 5.56 Å². The maximum Gasteiger partial charge on any atom is 0.324 e. The molecule has 1 aromatic rings. The quantitative estimate of drug-likeness (QED) is 0.877. The van der Waals surface area contributed by atoms with Crippen LogP contribution in [0.3, 0.4) is 0 Å². The van der Waals surface area contributed by atoms with Gasteiger partial charge in [-0.1, -0.05) is 37.3 Å². The van der Waals surface area contributed by atoms with E-state index in [9.17, 15) is 19.8 Å². The van der Waals surface area contributed by atoms with E-state index in [2.05, 4.69) is 0 Å². The molecule has 1 aliphatic heterocycles. The second-order valence-corrected chi connectivity index (χ2v) is 5.56. The lowest BCUT2D eigenvalue weighted by Crippen LogP contribution is -2.54. The number of nitrogens with zero attached hydrogens (tertiary/aromatic N) is 1. The highest BCUT2D eigenvalue weighted by Gasteiger charge is 2.55. The van der Waals surface area contributed by atoms with Crippen LogP contribution in [0.5, 0.6) is 0 Å². The van der Waals surface area contributed by atoms with Crippen molar-refractivity contribution in [2.24, 2.45) is 5.92 Å². The Morgan fingerprint density at radius 3 is 2.40 bits per heavy atom. The van der Waals surface area contributed by atoms with Gasteiger partial charge < -0.3 is 10.2 Å². The summed E-state index contributed by atoms with van der Waals surface area (Å²) in [4.78, 5) is 24.7. The third kappa shape index (κ3) is 2.29. The van der Waals surface area contributed by atoms with Gasteiger partial charge in [0.2, 0.25) is 0 Å². The topological polar surface area (TPSA) is 77.8 Å². The lowest BCUT2D eigenvalue weighted by molar-refractivity contribution is -0.155. The monoisotopic (exact) mass is 277 g/mol. The van der Waals surface area contributed by atoms with Gasteiger partial charge in [0.25, 0.3) is 0 Å². The number of carboxylic acids is 2. The summed E-state index contributed by atoms with van der Waals surface area (Å²) in [6, 6.07) is 8.60. The van der Waals surface area contributed by atoms with Gasteiger partial charge in [0.05, 0.1) is 0 Å². The van der Waals surface area contributed by atoms with Gasteiger partial charge in [-0.25, -0.2) is 0 Å². The number of rotatable bonds is 4. The number of carboxylic acid groups (broad SMARTS) is 2. The molecule has 0 aromatic heterocycles. The summed E-state index contributed by atoms with van der Waals surface area (Å²) in [7, 11) is 0. The second kappa shape index (κ2) is 5.25. The minimum atomic E-state index is -1.15. The SMILES string of the molecule is C[C@H]1C[C@@H](C(=O)O)N(Cc2ccccc2)C1(C)C(=O)O. The minimum absolute atomic E-state index is 0.218. The molecule has 0 aliphatic carbocycles. The number of hydrogen-bond acceptors (Lipinski definition) is 3. The molecule has 2 rings (SSSR count). The number of hydrogen-bond donors (Lipinski definition) is 2. The molecular weight excluding hydrogens is 258 g/mol. The van der Waals surface area contributed by atoms with Crippen molar-refractivity contribution in [2.75, 3.05) is 0 Å². The fourth-order valence-corrected chi connectivity index (χ4v) is 2.92. The van der Waals surface area contributed by atoms with Crippen molar-refractivity contribution in [3.05, 3.63) is 35.9 Å². The van der Waals surface area contributed by atoms with Crippen LogP contribution in [0.25, 0.3) is 0 Å². The molecule has 2 N–H and O–H groups in total. The molecule has 108 valence electrons. The molecule has 0 amide bonds. The van der Waals surface area contributed by atoms with Crippen LogP contribution in [-0.2, 0) is 16.1 Å². The maximum atomic E-state index is 11.7. The van der Waals surface area contributed by atoms with Crippen molar-refractivity contribution in [1.29, 1.82) is 0 Å². The van der Waals surface area contributed by atoms with E-state index < -0.39 is 23.5 Å². The first-order valence-electron chi connectivity index (χ1n) is 6.64. The Morgan fingerprint density at radius 1 is 1.30 bits per heavy atom. The predicted molar refractivity (Wildman–Crippen MR) is 73.2 cm³/mol. The van der Waals surface area contributed by atoms with Crippen LogP contribution < -0.4 is 0 Å². The van der Waals surface area contributed by atoms with Crippen LogP contribution in [0.4, 0.5) is 0 Å². The number of carbonyl (C=O) groups is 2. The van der Waals surface area contributed by atoms with Gasteiger partial charge in [0.15, 0.2) is 0 Å². The summed E-state index contributed by atoms with van der Waals surface area (Å²) in [6.45, 7) is 3.74. The molecule has 0 radical (unpaired) electrons. The molecule has 1 aliphatic rings. The first-order valence-corrected chi connectivity index (χ1v) is 6.64. The van der Waals surface area contributed by atoms with Gasteiger partial charge in [-0.05, 0) is 24.8 Å². The first-order chi connectivity index (χ1) is 9.37. The van der Waals surface area contributed by atoms with E-state index in [1.54, 1.807) is 18.7 Å². The third-order valence-electron chi connectivity index (χ3n) is 4.42. The van der Waals surface area contributed by atoms with E-state index in [1.807, 2.05) is 30.3 Å². The van der Waals surface area contributed by atoms with Crippen molar-refractivity contribution in [3.8, 4) is 0 Å². The highest BCUT2D eigenvalue weighted by atomic mass is 16.4. The second-order valence-electron chi connectivity index (χ2n) is 5.56. The molecule has 0 spiro atoms. The molecular formula is C15H19NO4. The van der Waals surface area contributed by atoms with E-state index >= 15 is 0 Å². The Kier molecular flexibility index (Phi) is 3.81. The van der Waals surface area contributed by atoms with Gasteiger partial charge in [0, 0.05) is 6.54 Å². The lowest BCUT2D eigenvalue weighted by atomic mass is 9.88. The zero-order chi connectivity index (χ0) is 14.9. The summed E-state index contributed by atoms with van der Waals surface area (Å²) < 4.78 is 0. The van der Waals surface area contributed by atoms with Crippen LogP contribution in [0.2, 0.25) is 0 Å². The Labute approximate surface area is 117 Å². The van der Waals surface area contributed by atoms with Crippen LogP contribution in [0, 0.1) is 5.92 Å². The molecule has 5 nitrogen and oxygen atoms in total. The molecule has 5 heteroatoms. The molecule has 1 saturated heterocycles. The largest absolute Gasteiger partial charge is 0.480 e. The lowest BCUT2D eigenvalue weighted by Gasteiger charge is -2.35. The molecule has 1 aromatic carbocycles. The highest BCUT2D eigenvalue weighted by Crippen LogP contribution is 2.40. The first kappa shape index (κ1) is 14.5. The van der Waals surface area contributed by atoms with Crippen molar-refractivity contribution in [1.82, 2.24) is 4.90 Å². The summed E-state index contributed by atoms with van der Waals surface area (Å²) in [5.74, 6) is -2.15. The Morgan fingerprint density at radius 2 is 1.90 bits per heavy atom. The average Bonchev–Trinajstić information content (AvgIpc) is 2.66. The van der Waals surface area contributed by atoms with Crippen LogP contribution in [0.15, 0.2) is 30.3 Å². The van der Waals surface area contributed by atoms with Gasteiger partial charge in [-0.3, -0.25) is 14.5 Å². The van der Waals surface area contributed by atoms with Gasteiger partial charge in [-0.2, -0.15) is 0 Å². The Hall–Kier alpha value is -1.88. The number of likely N-dealkylation sites (tertiary alicyclic amines) is 1. The van der Waals surface area contributed by atoms with Crippen LogP contribution in [-0.4, -0.2) is 38.6 Å². The van der Waals surface area contributed by atoms with Crippen molar-refractivity contribution in [3.63, 3.8) is 0 Å². The van der Waals surface area contributed by atoms with Crippen molar-refractivity contribution < 1.29 is 19.8 Å². The average molecular weight is 277 g/mol. The summed E-state index contributed by atoms with van der Waals surface area (Å²) in [6.07, 6.45) is 0.352. The molecule has 1 unspecified atom stereocenters. The Balaban J connectivity index is 2.37. The highest BCUT2D eigenvalue weighted by molar-refractivity contribution is 5.83. The van der Waals surface area contributed by atoms with Crippen LogP contribution >= 0.6 is 0 Å². The molecule has 3 atom stereocenters. The standard InChI is InChI=1S/C15H19NO4/c1-10-8-12(13(17)18)16(15(10,2)14(19)20)9-11-6-4-3-5-7-11/h3-7,10,12H,8-9H2,1-2H3,(H,17,18)(H,19,20)/t10-,12-,15?/m0/s1. The van der Waals surface area contributed by atoms with Crippen LogP contribution in [0.1, 0.15) is 25.8 Å². The van der Waals surface area contributed by atoms with E-state index in [-0.39, 0.29) is 5.92 Å². The van der Waals surface area contributed by atoms with E-state index in [0.29, 0.717) is 13.0 Å². The Bertz CT molecular complexity index is 516. The van der Waals surface area contributed by atoms with Gasteiger partial charge in [-0.15, -0.1) is 0 Å². The summed E-state index contributed by atoms with van der Waals surface area (Å²) >= 11 is 0. The fraction of sp³-hybridized carbons (Fsp3) is 0.467. The number of benzene rings is 1.